The average Bonchev–Trinajstić information content (AvgIpc) is 3.25. The van der Waals surface area contributed by atoms with Gasteiger partial charge in [0.05, 0.1) is 0 Å². The van der Waals surface area contributed by atoms with E-state index in [0.29, 0.717) is 25.4 Å². The van der Waals surface area contributed by atoms with Crippen LogP contribution < -0.4 is 0 Å². The van der Waals surface area contributed by atoms with Gasteiger partial charge in [-0.25, -0.2) is 0 Å². The lowest BCUT2D eigenvalue weighted by molar-refractivity contribution is -0.165. The maximum absolute atomic E-state index is 13.9. The predicted molar refractivity (Wildman–Crippen MR) is 120 cm³/mol. The molecular formula is C26H30N4O2. The monoisotopic (exact) mass is 430 g/mol. The fourth-order valence-electron chi connectivity index (χ4n) is 6.62. The van der Waals surface area contributed by atoms with Gasteiger partial charge in [-0.2, -0.15) is 0 Å². The fourth-order valence-corrected chi connectivity index (χ4v) is 6.62. The molecule has 0 N–H and O–H groups in total. The van der Waals surface area contributed by atoms with Gasteiger partial charge in [0.2, 0.25) is 11.8 Å². The number of hydrogen-bond acceptors (Lipinski definition) is 4. The topological polar surface area (TPSA) is 56.8 Å². The lowest BCUT2D eigenvalue weighted by Crippen LogP contribution is -2.68. The Balaban J connectivity index is 1.28. The minimum Gasteiger partial charge on any atom is -0.332 e. The highest BCUT2D eigenvalue weighted by atomic mass is 16.2. The van der Waals surface area contributed by atoms with Crippen LogP contribution in [0.2, 0.25) is 0 Å². The number of carbonyl (C=O) groups is 2. The highest BCUT2D eigenvalue weighted by Gasteiger charge is 2.52. The first kappa shape index (κ1) is 19.9. The summed E-state index contributed by atoms with van der Waals surface area (Å²) in [5.74, 6) is 0.994. The van der Waals surface area contributed by atoms with Crippen LogP contribution in [-0.4, -0.2) is 56.7 Å². The van der Waals surface area contributed by atoms with E-state index in [-0.39, 0.29) is 29.8 Å². The zero-order valence-corrected chi connectivity index (χ0v) is 18.4. The summed E-state index contributed by atoms with van der Waals surface area (Å²) in [5, 5.41) is 0. The molecule has 0 saturated carbocycles. The van der Waals surface area contributed by atoms with E-state index in [1.807, 2.05) is 34.3 Å². The van der Waals surface area contributed by atoms with Gasteiger partial charge in [0.1, 0.15) is 6.04 Å². The van der Waals surface area contributed by atoms with Gasteiger partial charge in [0.25, 0.3) is 0 Å². The van der Waals surface area contributed by atoms with Crippen LogP contribution in [0.5, 0.6) is 0 Å². The highest BCUT2D eigenvalue weighted by Crippen LogP contribution is 2.43. The molecule has 4 aliphatic rings. The van der Waals surface area contributed by atoms with Crippen molar-refractivity contribution in [3.8, 4) is 0 Å². The molecule has 166 valence electrons. The molecule has 4 aliphatic heterocycles. The van der Waals surface area contributed by atoms with Crippen LogP contribution in [0.4, 0.5) is 0 Å². The van der Waals surface area contributed by atoms with Gasteiger partial charge in [-0.15, -0.1) is 0 Å². The summed E-state index contributed by atoms with van der Waals surface area (Å²) in [6.07, 6.45) is 7.30. The molecule has 6 nitrogen and oxygen atoms in total. The summed E-state index contributed by atoms with van der Waals surface area (Å²) in [5.41, 5.74) is 3.73. The number of aromatic nitrogens is 1. The Labute approximate surface area is 189 Å². The Morgan fingerprint density at radius 2 is 1.72 bits per heavy atom. The second-order valence-electron chi connectivity index (χ2n) is 9.97. The lowest BCUT2D eigenvalue weighted by Gasteiger charge is -2.56. The molecular weight excluding hydrogens is 400 g/mol. The molecule has 0 unspecified atom stereocenters. The second-order valence-corrected chi connectivity index (χ2v) is 9.97. The van der Waals surface area contributed by atoms with Crippen molar-refractivity contribution in [2.45, 2.75) is 57.4 Å². The Bertz CT molecular complexity index is 1000. The molecule has 2 bridgehead atoms. The van der Waals surface area contributed by atoms with E-state index in [0.717, 1.165) is 38.9 Å². The number of fused-ring (bicyclic) bond motifs is 5. The van der Waals surface area contributed by atoms with Crippen molar-refractivity contribution >= 4 is 11.8 Å². The number of rotatable bonds is 3. The number of piperidine rings is 3. The molecule has 2 aromatic rings. The normalized spacial score (nSPS) is 29.6. The summed E-state index contributed by atoms with van der Waals surface area (Å²) < 4.78 is 0. The number of hydrogen-bond donors (Lipinski definition) is 0. The molecule has 1 aromatic heterocycles. The second kappa shape index (κ2) is 8.00. The van der Waals surface area contributed by atoms with Crippen LogP contribution in [0, 0.1) is 11.8 Å². The summed E-state index contributed by atoms with van der Waals surface area (Å²) in [4.78, 5) is 37.7. The molecule has 5 heterocycles. The van der Waals surface area contributed by atoms with Crippen LogP contribution in [0.3, 0.4) is 0 Å². The lowest BCUT2D eigenvalue weighted by atomic mass is 9.71. The van der Waals surface area contributed by atoms with Gasteiger partial charge in [0, 0.05) is 63.5 Å². The van der Waals surface area contributed by atoms with Crippen molar-refractivity contribution in [3.05, 3.63) is 65.5 Å². The number of pyridine rings is 1. The summed E-state index contributed by atoms with van der Waals surface area (Å²) in [6, 6.07) is 12.3. The van der Waals surface area contributed by atoms with Gasteiger partial charge in [-0.05, 0) is 54.0 Å². The molecule has 1 aromatic carbocycles. The summed E-state index contributed by atoms with van der Waals surface area (Å²) in [6.45, 7) is 4.08. The molecule has 0 aliphatic carbocycles. The molecule has 3 fully saturated rings. The van der Waals surface area contributed by atoms with Gasteiger partial charge < -0.3 is 9.80 Å². The van der Waals surface area contributed by atoms with Crippen molar-refractivity contribution in [1.82, 2.24) is 19.7 Å². The van der Waals surface area contributed by atoms with E-state index in [2.05, 4.69) is 34.1 Å². The zero-order chi connectivity index (χ0) is 21.7. The zero-order valence-electron chi connectivity index (χ0n) is 18.4. The smallest absolute Gasteiger partial charge is 0.246 e. The van der Waals surface area contributed by atoms with Crippen molar-refractivity contribution in [3.63, 3.8) is 0 Å². The Morgan fingerprint density at radius 3 is 2.47 bits per heavy atom. The van der Waals surface area contributed by atoms with Gasteiger partial charge in [-0.3, -0.25) is 19.5 Å². The fraction of sp³-hybridized carbons (Fsp3) is 0.500. The molecule has 2 amide bonds. The van der Waals surface area contributed by atoms with Gasteiger partial charge in [0.15, 0.2) is 0 Å². The van der Waals surface area contributed by atoms with Gasteiger partial charge in [-0.1, -0.05) is 24.3 Å². The maximum Gasteiger partial charge on any atom is 0.246 e. The maximum atomic E-state index is 13.9. The van der Waals surface area contributed by atoms with E-state index >= 15 is 0 Å². The van der Waals surface area contributed by atoms with Crippen LogP contribution in [0.1, 0.15) is 42.4 Å². The molecule has 3 saturated heterocycles. The third-order valence-electron chi connectivity index (χ3n) is 7.98. The minimum absolute atomic E-state index is 0.149. The van der Waals surface area contributed by atoms with E-state index in [4.69, 9.17) is 0 Å². The Kier molecular flexibility index (Phi) is 4.98. The average molecular weight is 431 g/mol. The van der Waals surface area contributed by atoms with Crippen molar-refractivity contribution in [2.24, 2.45) is 11.8 Å². The van der Waals surface area contributed by atoms with E-state index < -0.39 is 0 Å². The predicted octanol–water partition coefficient (Wildman–Crippen LogP) is 2.83. The molecule has 6 rings (SSSR count). The largest absolute Gasteiger partial charge is 0.332 e. The summed E-state index contributed by atoms with van der Waals surface area (Å²) >= 11 is 0. The minimum atomic E-state index is -0.321. The third kappa shape index (κ3) is 3.41. The first-order valence-corrected chi connectivity index (χ1v) is 12.0. The van der Waals surface area contributed by atoms with E-state index in [1.54, 1.807) is 0 Å². The van der Waals surface area contributed by atoms with Crippen molar-refractivity contribution in [1.29, 1.82) is 0 Å². The molecule has 6 heteroatoms. The number of carbonyl (C=O) groups excluding carboxylic acids is 2. The van der Waals surface area contributed by atoms with E-state index in [1.165, 1.54) is 16.7 Å². The van der Waals surface area contributed by atoms with Crippen LogP contribution in [-0.2, 0) is 29.2 Å². The standard InChI is InChI=1S/C26H30N4O2/c31-24-7-3-6-23-21-12-22(15-28(14-21)13-18-8-10-27-11-9-18)25(30(23)24)26(32)29-16-19-4-1-2-5-20(19)17-29/h1-2,4-5,8-11,21-23,25H,3,6-7,12-17H2/t21-,22+,23-,25+/m0/s1. The number of likely N-dealkylation sites (tertiary alicyclic amines) is 1. The Hall–Kier alpha value is -2.73. The van der Waals surface area contributed by atoms with Crippen molar-refractivity contribution < 1.29 is 9.59 Å². The summed E-state index contributed by atoms with van der Waals surface area (Å²) in [7, 11) is 0. The third-order valence-corrected chi connectivity index (χ3v) is 7.98. The molecule has 0 spiro atoms. The molecule has 4 atom stereocenters. The quantitative estimate of drug-likeness (QED) is 0.752. The number of amides is 2. The molecule has 0 radical (unpaired) electrons. The first-order valence-electron chi connectivity index (χ1n) is 12.0. The molecule has 32 heavy (non-hydrogen) atoms. The number of benzene rings is 1. The SMILES string of the molecule is O=C([C@H]1[C@@H]2C[C@@H](CN(Cc3ccncc3)C2)[C@@H]2CCCC(=O)N21)N1Cc2ccccc2C1. The van der Waals surface area contributed by atoms with Crippen LogP contribution >= 0.6 is 0 Å². The highest BCUT2D eigenvalue weighted by molar-refractivity contribution is 5.89. The van der Waals surface area contributed by atoms with Gasteiger partial charge >= 0.3 is 0 Å². The van der Waals surface area contributed by atoms with Crippen LogP contribution in [0.25, 0.3) is 0 Å². The first-order chi connectivity index (χ1) is 15.7. The van der Waals surface area contributed by atoms with E-state index in [9.17, 15) is 9.59 Å². The van der Waals surface area contributed by atoms with Crippen LogP contribution in [0.15, 0.2) is 48.8 Å². The number of nitrogens with zero attached hydrogens (tertiary/aromatic N) is 4. The Morgan fingerprint density at radius 1 is 1.00 bits per heavy atom. The van der Waals surface area contributed by atoms with Crippen molar-refractivity contribution in [2.75, 3.05) is 13.1 Å².